The molecule has 0 saturated carbocycles. The van der Waals surface area contributed by atoms with Gasteiger partial charge in [0.25, 0.3) is 0 Å². The largest absolute Gasteiger partial charge is 0.507 e. The highest BCUT2D eigenvalue weighted by Gasteiger charge is 2.53. The van der Waals surface area contributed by atoms with Crippen molar-refractivity contribution in [2.45, 2.75) is 52.8 Å². The molecule has 0 fully saturated rings. The Morgan fingerprint density at radius 2 is 1.47 bits per heavy atom. The molecule has 0 radical (unpaired) electrons. The first kappa shape index (κ1) is 15.8. The maximum Gasteiger partial charge on any atom is 0.421 e. The smallest absolute Gasteiger partial charge is 0.421 e. The molecule has 19 heavy (non-hydrogen) atoms. The Balaban J connectivity index is 3.76. The van der Waals surface area contributed by atoms with Crippen LogP contribution in [-0.2, 0) is 12.0 Å². The van der Waals surface area contributed by atoms with Crippen molar-refractivity contribution in [3.05, 3.63) is 27.8 Å². The molecule has 5 heteroatoms. The summed E-state index contributed by atoms with van der Waals surface area (Å²) in [4.78, 5) is 0. The zero-order valence-corrected chi connectivity index (χ0v) is 11.7. The molecule has 0 aliphatic rings. The van der Waals surface area contributed by atoms with Crippen LogP contribution < -0.4 is 0 Å². The van der Waals surface area contributed by atoms with Gasteiger partial charge in [0.2, 0.25) is 0 Å². The highest BCUT2D eigenvalue weighted by Crippen LogP contribution is 2.46. The molecular weight excluding hydrogens is 257 g/mol. The number of phenols is 1. The van der Waals surface area contributed by atoms with Gasteiger partial charge in [0, 0.05) is 5.56 Å². The number of halogens is 3. The zero-order chi connectivity index (χ0) is 15.2. The van der Waals surface area contributed by atoms with Crippen molar-refractivity contribution in [3.63, 3.8) is 0 Å². The van der Waals surface area contributed by atoms with Crippen LogP contribution in [0.5, 0.6) is 5.75 Å². The van der Waals surface area contributed by atoms with E-state index in [9.17, 15) is 23.4 Å². The highest BCUT2D eigenvalue weighted by molar-refractivity contribution is 5.56. The van der Waals surface area contributed by atoms with E-state index in [1.807, 2.05) is 0 Å². The van der Waals surface area contributed by atoms with Crippen molar-refractivity contribution in [2.24, 2.45) is 0 Å². The molecule has 0 aliphatic carbocycles. The van der Waals surface area contributed by atoms with Crippen LogP contribution in [0.1, 0.15) is 41.7 Å². The summed E-state index contributed by atoms with van der Waals surface area (Å²) in [5, 5.41) is 19.9. The van der Waals surface area contributed by atoms with E-state index in [0.717, 1.165) is 5.56 Å². The second-order valence-electron chi connectivity index (χ2n) is 5.00. The van der Waals surface area contributed by atoms with E-state index >= 15 is 0 Å². The Bertz CT molecular complexity index is 503. The van der Waals surface area contributed by atoms with Gasteiger partial charge >= 0.3 is 6.18 Å². The van der Waals surface area contributed by atoms with Gasteiger partial charge in [0.05, 0.1) is 0 Å². The van der Waals surface area contributed by atoms with E-state index in [0.29, 0.717) is 24.5 Å². The van der Waals surface area contributed by atoms with Crippen molar-refractivity contribution >= 4 is 0 Å². The lowest BCUT2D eigenvalue weighted by molar-refractivity contribution is -0.259. The van der Waals surface area contributed by atoms with E-state index in [1.165, 1.54) is 6.92 Å². The Labute approximate surface area is 110 Å². The van der Waals surface area contributed by atoms with Gasteiger partial charge in [-0.25, -0.2) is 0 Å². The lowest BCUT2D eigenvalue weighted by atomic mass is 9.83. The third kappa shape index (κ3) is 2.31. The monoisotopic (exact) mass is 276 g/mol. The van der Waals surface area contributed by atoms with Crippen LogP contribution in [0.25, 0.3) is 0 Å². The number of benzene rings is 1. The van der Waals surface area contributed by atoms with Gasteiger partial charge in [-0.15, -0.1) is 0 Å². The summed E-state index contributed by atoms with van der Waals surface area (Å²) in [5.41, 5.74) is -1.37. The van der Waals surface area contributed by atoms with E-state index in [1.54, 1.807) is 20.8 Å². The lowest BCUT2D eigenvalue weighted by Crippen LogP contribution is -2.40. The molecule has 0 heterocycles. The van der Waals surface area contributed by atoms with Crippen molar-refractivity contribution < 1.29 is 23.4 Å². The molecule has 1 aromatic carbocycles. The molecule has 1 aromatic rings. The molecule has 108 valence electrons. The number of aliphatic hydroxyl groups is 1. The predicted octanol–water partition coefficient (Wildman–Crippen LogP) is 3.65. The van der Waals surface area contributed by atoms with E-state index < -0.39 is 23.1 Å². The molecule has 0 bridgehead atoms. The predicted molar refractivity (Wildman–Crippen MR) is 67.3 cm³/mol. The minimum Gasteiger partial charge on any atom is -0.507 e. The summed E-state index contributed by atoms with van der Waals surface area (Å²) in [6.45, 7) is 7.36. The van der Waals surface area contributed by atoms with Gasteiger partial charge < -0.3 is 10.2 Å². The summed E-state index contributed by atoms with van der Waals surface area (Å²) < 4.78 is 39.0. The molecular formula is C14H19F3O2. The third-order valence-corrected chi connectivity index (χ3v) is 3.87. The van der Waals surface area contributed by atoms with Gasteiger partial charge in [-0.2, -0.15) is 13.2 Å². The summed E-state index contributed by atoms with van der Waals surface area (Å²) in [6, 6.07) is 0. The summed E-state index contributed by atoms with van der Waals surface area (Å²) in [6.07, 6.45) is -4.44. The second kappa shape index (κ2) is 4.71. The molecule has 1 unspecified atom stereocenters. The van der Waals surface area contributed by atoms with Crippen LogP contribution in [-0.4, -0.2) is 16.4 Å². The minimum atomic E-state index is -4.85. The van der Waals surface area contributed by atoms with Crippen molar-refractivity contribution in [3.8, 4) is 5.75 Å². The van der Waals surface area contributed by atoms with Crippen LogP contribution >= 0.6 is 0 Å². The molecule has 1 atom stereocenters. The Morgan fingerprint density at radius 3 is 1.84 bits per heavy atom. The second-order valence-corrected chi connectivity index (χ2v) is 5.00. The van der Waals surface area contributed by atoms with Crippen LogP contribution in [0.3, 0.4) is 0 Å². The van der Waals surface area contributed by atoms with Gasteiger partial charge in [-0.1, -0.05) is 6.92 Å². The van der Waals surface area contributed by atoms with Crippen LogP contribution in [0, 0.1) is 20.8 Å². The molecule has 2 N–H and O–H groups in total. The number of phenolic OH excluding ortho intramolecular Hbond substituents is 1. The average molecular weight is 276 g/mol. The van der Waals surface area contributed by atoms with Gasteiger partial charge in [-0.3, -0.25) is 0 Å². The summed E-state index contributed by atoms with van der Waals surface area (Å²) in [7, 11) is 0. The standard InChI is InChI=1S/C14H19F3O2/c1-6-10-8(3)7(2)9(4)11(12(10)18)13(5,19)14(15,16)17/h18-19H,6H2,1-5H3. The zero-order valence-electron chi connectivity index (χ0n) is 11.7. The average Bonchev–Trinajstić information content (AvgIpc) is 2.25. The molecule has 2 nitrogen and oxygen atoms in total. The third-order valence-electron chi connectivity index (χ3n) is 3.87. The van der Waals surface area contributed by atoms with Crippen molar-refractivity contribution in [1.29, 1.82) is 0 Å². The fourth-order valence-electron chi connectivity index (χ4n) is 2.37. The fraction of sp³-hybridized carbons (Fsp3) is 0.571. The maximum atomic E-state index is 13.0. The Morgan fingerprint density at radius 1 is 1.00 bits per heavy atom. The van der Waals surface area contributed by atoms with Crippen LogP contribution in [0.2, 0.25) is 0 Å². The minimum absolute atomic E-state index is 0.273. The molecule has 1 rings (SSSR count). The Hall–Kier alpha value is -1.23. The normalized spacial score (nSPS) is 15.4. The molecule has 0 amide bonds. The van der Waals surface area contributed by atoms with Crippen molar-refractivity contribution in [1.82, 2.24) is 0 Å². The van der Waals surface area contributed by atoms with Crippen molar-refractivity contribution in [2.75, 3.05) is 0 Å². The van der Waals surface area contributed by atoms with E-state index in [2.05, 4.69) is 0 Å². The first-order chi connectivity index (χ1) is 8.46. The first-order valence-corrected chi connectivity index (χ1v) is 6.07. The number of hydrogen-bond donors (Lipinski definition) is 2. The lowest BCUT2D eigenvalue weighted by Gasteiger charge is -2.31. The number of alkyl halides is 3. The van der Waals surface area contributed by atoms with Gasteiger partial charge in [-0.05, 0) is 56.4 Å². The SMILES string of the molecule is CCc1c(C)c(C)c(C)c(C(C)(O)C(F)(F)F)c1O. The first-order valence-electron chi connectivity index (χ1n) is 6.07. The number of aromatic hydroxyl groups is 1. The van der Waals surface area contributed by atoms with E-state index in [4.69, 9.17) is 0 Å². The highest BCUT2D eigenvalue weighted by atomic mass is 19.4. The van der Waals surface area contributed by atoms with Gasteiger partial charge in [0.15, 0.2) is 5.60 Å². The topological polar surface area (TPSA) is 40.5 Å². The van der Waals surface area contributed by atoms with Crippen LogP contribution in [0.4, 0.5) is 13.2 Å². The quantitative estimate of drug-likeness (QED) is 0.865. The molecule has 0 saturated heterocycles. The van der Waals surface area contributed by atoms with Gasteiger partial charge in [0.1, 0.15) is 5.75 Å². The number of hydrogen-bond acceptors (Lipinski definition) is 2. The summed E-state index contributed by atoms with van der Waals surface area (Å²) in [5.74, 6) is -0.453. The van der Waals surface area contributed by atoms with Crippen LogP contribution in [0.15, 0.2) is 0 Å². The fourth-order valence-corrected chi connectivity index (χ4v) is 2.37. The number of rotatable bonds is 2. The molecule has 0 aliphatic heterocycles. The molecule has 0 aromatic heterocycles. The Kier molecular flexibility index (Phi) is 3.92. The maximum absolute atomic E-state index is 13.0. The molecule has 0 spiro atoms. The summed E-state index contributed by atoms with van der Waals surface area (Å²) >= 11 is 0. The van der Waals surface area contributed by atoms with E-state index in [-0.39, 0.29) is 5.56 Å².